The molecule has 0 aliphatic rings. The standard InChI is InChI=1S/C39H33Cl2N3O6S/c1-48-33-20-24(21-34(49-2)35(33)50-3)19-32(44-37(45)26-13-8-5-9-14-26)38(46)42-28-15-10-16-29(23-28)51-36(25-11-6-4-7-12-25)39(47)43-31-18-17-27(40)22-30(31)41/h4-23,36H,1-3H3,(H,42,46)(H,43,47)(H,44,45)/b32-19+. The Labute approximate surface area is 309 Å². The third kappa shape index (κ3) is 9.64. The van der Waals surface area contributed by atoms with Crippen molar-refractivity contribution >= 4 is 70.1 Å². The van der Waals surface area contributed by atoms with E-state index in [0.717, 1.165) is 5.56 Å². The molecule has 3 N–H and O–H groups in total. The minimum atomic E-state index is -0.676. The van der Waals surface area contributed by atoms with Crippen LogP contribution in [0.15, 0.2) is 126 Å². The Hall–Kier alpha value is -5.42. The summed E-state index contributed by atoms with van der Waals surface area (Å²) in [5, 5.41) is 8.61. The van der Waals surface area contributed by atoms with E-state index in [-0.39, 0.29) is 11.6 Å². The van der Waals surface area contributed by atoms with Crippen molar-refractivity contribution in [1.29, 1.82) is 0 Å². The fraction of sp³-hybridized carbons (Fsp3) is 0.103. The van der Waals surface area contributed by atoms with Gasteiger partial charge in [0.15, 0.2) is 11.5 Å². The first-order valence-electron chi connectivity index (χ1n) is 15.5. The van der Waals surface area contributed by atoms with Gasteiger partial charge in [-0.2, -0.15) is 0 Å². The Morgan fingerprint density at radius 1 is 0.725 bits per heavy atom. The third-order valence-electron chi connectivity index (χ3n) is 7.40. The molecule has 0 aromatic heterocycles. The summed E-state index contributed by atoms with van der Waals surface area (Å²) < 4.78 is 16.4. The lowest BCUT2D eigenvalue weighted by molar-refractivity contribution is -0.116. The lowest BCUT2D eigenvalue weighted by Gasteiger charge is -2.18. The summed E-state index contributed by atoms with van der Waals surface area (Å²) in [4.78, 5) is 41.5. The number of rotatable bonds is 13. The highest BCUT2D eigenvalue weighted by Crippen LogP contribution is 2.40. The lowest BCUT2D eigenvalue weighted by Crippen LogP contribution is -2.30. The van der Waals surface area contributed by atoms with Crippen molar-refractivity contribution in [2.75, 3.05) is 32.0 Å². The van der Waals surface area contributed by atoms with Crippen LogP contribution in [0, 0.1) is 0 Å². The van der Waals surface area contributed by atoms with Crippen LogP contribution in [0.1, 0.15) is 26.7 Å². The average molecular weight is 743 g/mol. The molecule has 1 atom stereocenters. The van der Waals surface area contributed by atoms with Gasteiger partial charge in [-0.25, -0.2) is 0 Å². The van der Waals surface area contributed by atoms with E-state index >= 15 is 0 Å². The number of hydrogen-bond donors (Lipinski definition) is 3. The highest BCUT2D eigenvalue weighted by molar-refractivity contribution is 8.00. The minimum Gasteiger partial charge on any atom is -0.493 e. The van der Waals surface area contributed by atoms with Crippen molar-refractivity contribution in [3.8, 4) is 17.2 Å². The minimum absolute atomic E-state index is 0.0439. The van der Waals surface area contributed by atoms with Crippen molar-refractivity contribution in [3.63, 3.8) is 0 Å². The Morgan fingerprint density at radius 2 is 1.39 bits per heavy atom. The van der Waals surface area contributed by atoms with Gasteiger partial charge < -0.3 is 30.2 Å². The van der Waals surface area contributed by atoms with E-state index in [9.17, 15) is 14.4 Å². The van der Waals surface area contributed by atoms with Crippen LogP contribution < -0.4 is 30.2 Å². The Bertz CT molecular complexity index is 2040. The number of benzene rings is 5. The van der Waals surface area contributed by atoms with Crippen LogP contribution in [0.2, 0.25) is 10.0 Å². The molecular weight excluding hydrogens is 709 g/mol. The van der Waals surface area contributed by atoms with Gasteiger partial charge in [0.1, 0.15) is 10.9 Å². The van der Waals surface area contributed by atoms with Crippen molar-refractivity contribution in [2.24, 2.45) is 0 Å². The maximum atomic E-state index is 13.9. The van der Waals surface area contributed by atoms with Gasteiger partial charge >= 0.3 is 0 Å². The number of thioether (sulfide) groups is 1. The quantitative estimate of drug-likeness (QED) is 0.0816. The van der Waals surface area contributed by atoms with Gasteiger partial charge in [-0.3, -0.25) is 14.4 Å². The molecule has 0 aliphatic carbocycles. The Kier molecular flexibility index (Phi) is 12.6. The molecule has 3 amide bonds. The number of ether oxygens (including phenoxy) is 3. The summed E-state index contributed by atoms with van der Waals surface area (Å²) in [5.41, 5.74) is 2.45. The topological polar surface area (TPSA) is 115 Å². The van der Waals surface area contributed by atoms with E-state index in [0.29, 0.717) is 54.7 Å². The van der Waals surface area contributed by atoms with E-state index < -0.39 is 17.1 Å². The molecule has 0 radical (unpaired) electrons. The van der Waals surface area contributed by atoms with Crippen molar-refractivity contribution in [3.05, 3.63) is 148 Å². The van der Waals surface area contributed by atoms with Gasteiger partial charge in [0.25, 0.3) is 11.8 Å². The molecule has 0 aliphatic heterocycles. The summed E-state index contributed by atoms with van der Waals surface area (Å²) in [7, 11) is 4.46. The van der Waals surface area contributed by atoms with Crippen molar-refractivity contribution in [2.45, 2.75) is 10.1 Å². The number of carbonyl (C=O) groups excluding carboxylic acids is 3. The molecule has 5 aromatic rings. The first kappa shape index (κ1) is 36.9. The van der Waals surface area contributed by atoms with E-state index in [4.69, 9.17) is 37.4 Å². The zero-order valence-corrected chi connectivity index (χ0v) is 30.1. The number of amides is 3. The zero-order valence-electron chi connectivity index (χ0n) is 27.7. The molecule has 1 unspecified atom stereocenters. The molecule has 0 heterocycles. The third-order valence-corrected chi connectivity index (χ3v) is 9.20. The maximum Gasteiger partial charge on any atom is 0.272 e. The van der Waals surface area contributed by atoms with Crippen LogP contribution >= 0.6 is 35.0 Å². The van der Waals surface area contributed by atoms with Gasteiger partial charge in [-0.05, 0) is 77.9 Å². The molecule has 9 nitrogen and oxygen atoms in total. The molecule has 0 saturated carbocycles. The first-order valence-corrected chi connectivity index (χ1v) is 17.1. The summed E-state index contributed by atoms with van der Waals surface area (Å²) in [6.45, 7) is 0. The fourth-order valence-corrected chi connectivity index (χ4v) is 6.50. The second-order valence-corrected chi connectivity index (χ2v) is 12.9. The molecule has 51 heavy (non-hydrogen) atoms. The first-order chi connectivity index (χ1) is 24.7. The fourth-order valence-electron chi connectivity index (χ4n) is 4.97. The molecule has 260 valence electrons. The van der Waals surface area contributed by atoms with Gasteiger partial charge in [-0.1, -0.05) is 77.8 Å². The normalized spacial score (nSPS) is 11.6. The summed E-state index contributed by atoms with van der Waals surface area (Å²) in [6.07, 6.45) is 1.51. The van der Waals surface area contributed by atoms with Crippen molar-refractivity contribution < 1.29 is 28.6 Å². The number of hydrogen-bond acceptors (Lipinski definition) is 7. The average Bonchev–Trinajstić information content (AvgIpc) is 3.15. The number of nitrogens with one attached hydrogen (secondary N) is 3. The number of halogens is 2. The Balaban J connectivity index is 1.43. The van der Waals surface area contributed by atoms with Gasteiger partial charge in [0.05, 0.1) is 32.0 Å². The van der Waals surface area contributed by atoms with E-state index in [1.165, 1.54) is 39.2 Å². The molecule has 5 rings (SSSR count). The molecule has 0 saturated heterocycles. The predicted molar refractivity (Wildman–Crippen MR) is 203 cm³/mol. The molecular formula is C39H33Cl2N3O6S. The van der Waals surface area contributed by atoms with Crippen LogP contribution in [0.4, 0.5) is 11.4 Å². The van der Waals surface area contributed by atoms with E-state index in [1.807, 2.05) is 36.4 Å². The monoisotopic (exact) mass is 741 g/mol. The molecule has 0 spiro atoms. The van der Waals surface area contributed by atoms with Crippen LogP contribution in [-0.2, 0) is 9.59 Å². The zero-order chi connectivity index (χ0) is 36.3. The molecule has 12 heteroatoms. The molecule has 5 aromatic carbocycles. The largest absolute Gasteiger partial charge is 0.493 e. The second kappa shape index (κ2) is 17.5. The maximum absolute atomic E-state index is 13.9. The van der Waals surface area contributed by atoms with Gasteiger partial charge in [0.2, 0.25) is 11.7 Å². The summed E-state index contributed by atoms with van der Waals surface area (Å²) in [6, 6.07) is 33.1. The van der Waals surface area contributed by atoms with Crippen LogP contribution in [0.25, 0.3) is 6.08 Å². The molecule has 0 fully saturated rings. The predicted octanol–water partition coefficient (Wildman–Crippen LogP) is 8.90. The van der Waals surface area contributed by atoms with E-state index in [1.54, 1.807) is 78.9 Å². The number of carbonyl (C=O) groups is 3. The van der Waals surface area contributed by atoms with Crippen LogP contribution in [0.5, 0.6) is 17.2 Å². The van der Waals surface area contributed by atoms with Gasteiger partial charge in [0, 0.05) is 21.2 Å². The van der Waals surface area contributed by atoms with Crippen molar-refractivity contribution in [1.82, 2.24) is 5.32 Å². The summed E-state index contributed by atoms with van der Waals surface area (Å²) in [5.74, 6) is -0.251. The highest BCUT2D eigenvalue weighted by atomic mass is 35.5. The second-order valence-electron chi connectivity index (χ2n) is 10.8. The highest BCUT2D eigenvalue weighted by Gasteiger charge is 2.24. The van der Waals surface area contributed by atoms with Crippen LogP contribution in [-0.4, -0.2) is 39.1 Å². The molecule has 0 bridgehead atoms. The smallest absolute Gasteiger partial charge is 0.272 e. The SMILES string of the molecule is COc1cc(/C=C(/NC(=O)c2ccccc2)C(=O)Nc2cccc(SC(C(=O)Nc3ccc(Cl)cc3Cl)c3ccccc3)c2)cc(OC)c1OC. The number of methoxy groups -OCH3 is 3. The Morgan fingerprint density at radius 3 is 2.02 bits per heavy atom. The lowest BCUT2D eigenvalue weighted by atomic mass is 10.1. The van der Waals surface area contributed by atoms with E-state index in [2.05, 4.69) is 16.0 Å². The van der Waals surface area contributed by atoms with Gasteiger partial charge in [-0.15, -0.1) is 11.8 Å². The number of anilines is 2. The van der Waals surface area contributed by atoms with Crippen LogP contribution in [0.3, 0.4) is 0 Å². The summed E-state index contributed by atoms with van der Waals surface area (Å²) >= 11 is 13.7.